The minimum Gasteiger partial charge on any atom is -0.444 e. The summed E-state index contributed by atoms with van der Waals surface area (Å²) in [4.78, 5) is 39.0. The van der Waals surface area contributed by atoms with E-state index in [2.05, 4.69) is 23.0 Å². The molecule has 3 rings (SSSR count). The minimum atomic E-state index is -0.505. The van der Waals surface area contributed by atoms with Gasteiger partial charge in [0.2, 0.25) is 5.91 Å². The van der Waals surface area contributed by atoms with Gasteiger partial charge in [-0.15, -0.1) is 23.1 Å². The van der Waals surface area contributed by atoms with E-state index in [0.717, 1.165) is 15.2 Å². The van der Waals surface area contributed by atoms with E-state index in [9.17, 15) is 9.59 Å². The molecular weight excluding hydrogens is 396 g/mol. The SMILES string of the molecule is Cc1cc2c(SCCC(=O)N3CCN(C(=O)OC(C)(C)C)CC3)ncnc2s1. The smallest absolute Gasteiger partial charge is 0.410 e. The highest BCUT2D eigenvalue weighted by molar-refractivity contribution is 7.99. The van der Waals surface area contributed by atoms with Gasteiger partial charge in [0, 0.05) is 48.6 Å². The number of thiophene rings is 1. The van der Waals surface area contributed by atoms with Crippen LogP contribution < -0.4 is 0 Å². The van der Waals surface area contributed by atoms with E-state index in [0.29, 0.717) is 38.4 Å². The molecule has 0 radical (unpaired) electrons. The lowest BCUT2D eigenvalue weighted by Crippen LogP contribution is -2.51. The molecule has 1 aliphatic heterocycles. The predicted octanol–water partition coefficient (Wildman–Crippen LogP) is 3.56. The van der Waals surface area contributed by atoms with Gasteiger partial charge < -0.3 is 14.5 Å². The van der Waals surface area contributed by atoms with Crippen LogP contribution in [0.3, 0.4) is 0 Å². The van der Waals surface area contributed by atoms with Crippen molar-refractivity contribution in [2.75, 3.05) is 31.9 Å². The first-order valence-electron chi connectivity index (χ1n) is 9.32. The highest BCUT2D eigenvalue weighted by Gasteiger charge is 2.27. The Labute approximate surface area is 173 Å². The van der Waals surface area contributed by atoms with Gasteiger partial charge in [-0.05, 0) is 33.8 Å². The van der Waals surface area contributed by atoms with Crippen LogP contribution in [0.25, 0.3) is 10.2 Å². The first-order chi connectivity index (χ1) is 13.2. The molecular formula is C19H26N4O3S2. The third-order valence-electron chi connectivity index (χ3n) is 4.25. The van der Waals surface area contributed by atoms with Crippen molar-refractivity contribution in [2.24, 2.45) is 0 Å². The van der Waals surface area contributed by atoms with Crippen LogP contribution in [0.15, 0.2) is 17.4 Å². The fourth-order valence-corrected chi connectivity index (χ4v) is 4.74. The van der Waals surface area contributed by atoms with Crippen molar-refractivity contribution in [3.05, 3.63) is 17.3 Å². The van der Waals surface area contributed by atoms with Crippen LogP contribution in [0.4, 0.5) is 4.79 Å². The van der Waals surface area contributed by atoms with Crippen molar-refractivity contribution < 1.29 is 14.3 Å². The van der Waals surface area contributed by atoms with E-state index in [4.69, 9.17) is 4.74 Å². The molecule has 9 heteroatoms. The van der Waals surface area contributed by atoms with Gasteiger partial charge in [0.15, 0.2) is 0 Å². The first-order valence-corrected chi connectivity index (χ1v) is 11.1. The summed E-state index contributed by atoms with van der Waals surface area (Å²) in [7, 11) is 0. The monoisotopic (exact) mass is 422 g/mol. The first kappa shape index (κ1) is 20.9. The molecule has 28 heavy (non-hydrogen) atoms. The Bertz CT molecular complexity index is 854. The third kappa shape index (κ3) is 5.35. The molecule has 1 fully saturated rings. The third-order valence-corrected chi connectivity index (χ3v) is 6.22. The summed E-state index contributed by atoms with van der Waals surface area (Å²) in [6.07, 6.45) is 1.72. The van der Waals surface area contributed by atoms with Crippen LogP contribution in [-0.4, -0.2) is 69.3 Å². The number of amides is 2. The van der Waals surface area contributed by atoms with Crippen molar-refractivity contribution >= 4 is 45.3 Å². The lowest BCUT2D eigenvalue weighted by Gasteiger charge is -2.35. The van der Waals surface area contributed by atoms with E-state index in [1.165, 1.54) is 4.88 Å². The van der Waals surface area contributed by atoms with E-state index in [-0.39, 0.29) is 12.0 Å². The number of hydrogen-bond acceptors (Lipinski definition) is 7. The highest BCUT2D eigenvalue weighted by Crippen LogP contribution is 2.30. The minimum absolute atomic E-state index is 0.114. The van der Waals surface area contributed by atoms with E-state index in [1.807, 2.05) is 25.7 Å². The van der Waals surface area contributed by atoms with Crippen LogP contribution in [0.1, 0.15) is 32.1 Å². The predicted molar refractivity (Wildman–Crippen MR) is 112 cm³/mol. The summed E-state index contributed by atoms with van der Waals surface area (Å²) in [6, 6.07) is 2.10. The molecule has 1 saturated heterocycles. The molecule has 0 aromatic carbocycles. The lowest BCUT2D eigenvalue weighted by molar-refractivity contribution is -0.132. The zero-order chi connectivity index (χ0) is 20.3. The second kappa shape index (κ2) is 8.65. The Kier molecular flexibility index (Phi) is 6.44. The summed E-state index contributed by atoms with van der Waals surface area (Å²) in [5.74, 6) is 0.787. The average Bonchev–Trinajstić information content (AvgIpc) is 3.01. The fraction of sp³-hybridized carbons (Fsp3) is 0.579. The maximum atomic E-state index is 12.5. The van der Waals surface area contributed by atoms with Gasteiger partial charge in [-0.3, -0.25) is 4.79 Å². The number of ether oxygens (including phenoxy) is 1. The molecule has 0 spiro atoms. The van der Waals surface area contributed by atoms with Gasteiger partial charge in [0.1, 0.15) is 21.8 Å². The Morgan fingerprint density at radius 2 is 1.86 bits per heavy atom. The second-order valence-electron chi connectivity index (χ2n) is 7.70. The summed E-state index contributed by atoms with van der Waals surface area (Å²) >= 11 is 3.24. The molecule has 7 nitrogen and oxygen atoms in total. The number of thioether (sulfide) groups is 1. The maximum Gasteiger partial charge on any atom is 0.410 e. The van der Waals surface area contributed by atoms with Crippen LogP contribution in [0, 0.1) is 6.92 Å². The number of fused-ring (bicyclic) bond motifs is 1. The van der Waals surface area contributed by atoms with Gasteiger partial charge in [0.25, 0.3) is 0 Å². The molecule has 2 amide bonds. The number of hydrogen-bond donors (Lipinski definition) is 0. The van der Waals surface area contributed by atoms with E-state index < -0.39 is 5.60 Å². The van der Waals surface area contributed by atoms with Gasteiger partial charge in [-0.25, -0.2) is 14.8 Å². The quantitative estimate of drug-likeness (QED) is 0.554. The Balaban J connectivity index is 1.45. The Morgan fingerprint density at radius 3 is 2.54 bits per heavy atom. The number of carbonyl (C=O) groups excluding carboxylic acids is 2. The van der Waals surface area contributed by atoms with Crippen LogP contribution in [0.5, 0.6) is 0 Å². The number of aromatic nitrogens is 2. The van der Waals surface area contributed by atoms with Crippen LogP contribution in [0.2, 0.25) is 0 Å². The molecule has 0 atom stereocenters. The Hall–Kier alpha value is -1.87. The van der Waals surface area contributed by atoms with Crippen LogP contribution >= 0.6 is 23.1 Å². The number of nitrogens with zero attached hydrogens (tertiary/aromatic N) is 4. The highest BCUT2D eigenvalue weighted by atomic mass is 32.2. The van der Waals surface area contributed by atoms with Crippen molar-refractivity contribution in [3.8, 4) is 0 Å². The second-order valence-corrected chi connectivity index (χ2v) is 10.0. The fourth-order valence-electron chi connectivity index (χ4n) is 2.93. The molecule has 0 aliphatic carbocycles. The molecule has 0 N–H and O–H groups in total. The topological polar surface area (TPSA) is 75.6 Å². The standard InChI is InChI=1S/C19H26N4O3S2/c1-13-11-14-16(20-12-21-17(14)28-13)27-10-5-15(24)22-6-8-23(9-7-22)18(25)26-19(2,3)4/h11-12H,5-10H2,1-4H3. The van der Waals surface area contributed by atoms with Gasteiger partial charge in [0.05, 0.1) is 0 Å². The Morgan fingerprint density at radius 1 is 1.18 bits per heavy atom. The number of piperazine rings is 1. The van der Waals surface area contributed by atoms with Crippen molar-refractivity contribution in [1.29, 1.82) is 0 Å². The molecule has 3 heterocycles. The van der Waals surface area contributed by atoms with Gasteiger partial charge in [-0.2, -0.15) is 0 Å². The van der Waals surface area contributed by atoms with Gasteiger partial charge in [-0.1, -0.05) is 0 Å². The molecule has 2 aromatic rings. The van der Waals surface area contributed by atoms with Crippen molar-refractivity contribution in [2.45, 2.75) is 44.7 Å². The van der Waals surface area contributed by atoms with Crippen LogP contribution in [-0.2, 0) is 9.53 Å². The summed E-state index contributed by atoms with van der Waals surface area (Å²) < 4.78 is 5.39. The average molecular weight is 423 g/mol. The molecule has 152 valence electrons. The zero-order valence-electron chi connectivity index (χ0n) is 16.7. The maximum absolute atomic E-state index is 12.5. The normalized spacial score (nSPS) is 15.1. The zero-order valence-corrected chi connectivity index (χ0v) is 18.4. The molecule has 0 bridgehead atoms. The van der Waals surface area contributed by atoms with E-state index in [1.54, 1.807) is 34.3 Å². The molecule has 0 unspecified atom stereocenters. The molecule has 1 aliphatic rings. The van der Waals surface area contributed by atoms with Gasteiger partial charge >= 0.3 is 6.09 Å². The molecule has 2 aromatic heterocycles. The largest absolute Gasteiger partial charge is 0.444 e. The number of carbonyl (C=O) groups is 2. The van der Waals surface area contributed by atoms with Crippen molar-refractivity contribution in [3.63, 3.8) is 0 Å². The number of rotatable bonds is 4. The summed E-state index contributed by atoms with van der Waals surface area (Å²) in [5, 5.41) is 1.99. The van der Waals surface area contributed by atoms with E-state index >= 15 is 0 Å². The summed E-state index contributed by atoms with van der Waals surface area (Å²) in [6.45, 7) is 9.72. The number of aryl methyl sites for hydroxylation is 1. The van der Waals surface area contributed by atoms with Crippen molar-refractivity contribution in [1.82, 2.24) is 19.8 Å². The lowest BCUT2D eigenvalue weighted by atomic mass is 10.2. The summed E-state index contributed by atoms with van der Waals surface area (Å²) in [5.41, 5.74) is -0.505. The molecule has 0 saturated carbocycles.